The number of benzene rings is 1. The molecule has 0 aliphatic heterocycles. The highest BCUT2D eigenvalue weighted by Crippen LogP contribution is 2.27. The molecule has 0 unspecified atom stereocenters. The molecule has 1 aromatic carbocycles. The molecule has 2 rings (SSSR count). The van der Waals surface area contributed by atoms with Crippen LogP contribution >= 0.6 is 22.6 Å². The van der Waals surface area contributed by atoms with Crippen LogP contribution in [0.3, 0.4) is 0 Å². The van der Waals surface area contributed by atoms with Gasteiger partial charge in [0.1, 0.15) is 21.3 Å². The lowest BCUT2D eigenvalue weighted by Crippen LogP contribution is -1.99. The van der Waals surface area contributed by atoms with E-state index >= 15 is 0 Å². The maximum atomic E-state index is 13.6. The van der Waals surface area contributed by atoms with Crippen molar-refractivity contribution in [2.75, 3.05) is 5.73 Å². The maximum absolute atomic E-state index is 13.6. The number of halogens is 3. The summed E-state index contributed by atoms with van der Waals surface area (Å²) in [4.78, 5) is 3.83. The van der Waals surface area contributed by atoms with Gasteiger partial charge in [0.25, 0.3) is 5.88 Å². The summed E-state index contributed by atoms with van der Waals surface area (Å²) in [6, 6.07) is 6.26. The predicted octanol–water partition coefficient (Wildman–Crippen LogP) is 3.21. The molecule has 2 N–H and O–H groups in total. The summed E-state index contributed by atoms with van der Waals surface area (Å²) < 4.78 is 32.3. The largest absolute Gasteiger partial charge is 0.436 e. The van der Waals surface area contributed by atoms with E-state index in [1.165, 1.54) is 12.1 Å². The first-order chi connectivity index (χ1) is 9.01. The number of rotatable bonds is 2. The number of pyridine rings is 1. The quantitative estimate of drug-likeness (QED) is 0.648. The molecule has 7 heteroatoms. The van der Waals surface area contributed by atoms with Crippen molar-refractivity contribution in [2.45, 2.75) is 0 Å². The SMILES string of the molecule is N#Cc1cc(Oc2nc(I)c(N)cc2F)ccc1F. The Labute approximate surface area is 121 Å². The average molecular weight is 373 g/mol. The monoisotopic (exact) mass is 373 g/mol. The summed E-state index contributed by atoms with van der Waals surface area (Å²) in [6.45, 7) is 0. The Kier molecular flexibility index (Phi) is 3.80. The van der Waals surface area contributed by atoms with Gasteiger partial charge >= 0.3 is 0 Å². The van der Waals surface area contributed by atoms with E-state index in [-0.39, 0.29) is 22.9 Å². The number of anilines is 1. The number of nitrogen functional groups attached to an aromatic ring is 1. The summed E-state index contributed by atoms with van der Waals surface area (Å²) in [7, 11) is 0. The standard InChI is InChI=1S/C12H6F2IN3O/c13-8-2-1-7(3-6(8)5-16)19-12-9(14)4-10(17)11(15)18-12/h1-4H,17H2. The van der Waals surface area contributed by atoms with Crippen LogP contribution in [0, 0.1) is 26.7 Å². The average Bonchev–Trinajstić information content (AvgIpc) is 2.38. The van der Waals surface area contributed by atoms with E-state index in [4.69, 9.17) is 15.7 Å². The molecule has 0 amide bonds. The fourth-order valence-corrected chi connectivity index (χ4v) is 1.68. The van der Waals surface area contributed by atoms with Crippen LogP contribution < -0.4 is 10.5 Å². The van der Waals surface area contributed by atoms with Gasteiger partial charge < -0.3 is 10.5 Å². The topological polar surface area (TPSA) is 71.9 Å². The Morgan fingerprint density at radius 3 is 2.68 bits per heavy atom. The molecule has 1 heterocycles. The molecule has 96 valence electrons. The zero-order chi connectivity index (χ0) is 14.0. The second kappa shape index (κ2) is 5.36. The van der Waals surface area contributed by atoms with E-state index in [1.54, 1.807) is 6.07 Å². The van der Waals surface area contributed by atoms with Crippen LogP contribution in [0.1, 0.15) is 5.56 Å². The third kappa shape index (κ3) is 2.90. The molecule has 19 heavy (non-hydrogen) atoms. The van der Waals surface area contributed by atoms with Crippen LogP contribution in [0.15, 0.2) is 24.3 Å². The van der Waals surface area contributed by atoms with Crippen molar-refractivity contribution in [2.24, 2.45) is 0 Å². The Hall–Kier alpha value is -1.95. The predicted molar refractivity (Wildman–Crippen MR) is 72.5 cm³/mol. The number of aromatic nitrogens is 1. The second-order valence-electron chi connectivity index (χ2n) is 3.51. The molecule has 0 fully saturated rings. The molecule has 0 spiro atoms. The van der Waals surface area contributed by atoms with E-state index in [0.29, 0.717) is 3.70 Å². The van der Waals surface area contributed by atoms with Gasteiger partial charge in [0.2, 0.25) is 0 Å². The van der Waals surface area contributed by atoms with E-state index < -0.39 is 11.6 Å². The van der Waals surface area contributed by atoms with Gasteiger partial charge in [-0.2, -0.15) is 5.26 Å². The summed E-state index contributed by atoms with van der Waals surface area (Å²) >= 11 is 1.83. The lowest BCUT2D eigenvalue weighted by Gasteiger charge is -2.07. The summed E-state index contributed by atoms with van der Waals surface area (Å²) in [5, 5.41) is 8.69. The van der Waals surface area contributed by atoms with E-state index in [0.717, 1.165) is 12.1 Å². The number of nitrogens with two attached hydrogens (primary N) is 1. The lowest BCUT2D eigenvalue weighted by molar-refractivity contribution is 0.421. The Bertz CT molecular complexity index is 685. The van der Waals surface area contributed by atoms with E-state index in [2.05, 4.69) is 4.98 Å². The minimum absolute atomic E-state index is 0.116. The van der Waals surface area contributed by atoms with Crippen LogP contribution in [0.2, 0.25) is 0 Å². The van der Waals surface area contributed by atoms with Crippen LogP contribution in [0.25, 0.3) is 0 Å². The molecular weight excluding hydrogens is 367 g/mol. The van der Waals surface area contributed by atoms with Crippen LogP contribution in [-0.4, -0.2) is 4.98 Å². The number of nitriles is 1. The summed E-state index contributed by atoms with van der Waals surface area (Å²) in [5.74, 6) is -1.57. The number of ether oxygens (including phenoxy) is 1. The van der Waals surface area contributed by atoms with Gasteiger partial charge in [0.05, 0.1) is 11.3 Å². The Morgan fingerprint density at radius 2 is 2.00 bits per heavy atom. The maximum Gasteiger partial charge on any atom is 0.257 e. The molecule has 0 aliphatic rings. The molecule has 0 saturated heterocycles. The molecule has 4 nitrogen and oxygen atoms in total. The molecule has 0 bridgehead atoms. The number of nitrogens with zero attached hydrogens (tertiary/aromatic N) is 2. The third-order valence-electron chi connectivity index (χ3n) is 2.20. The fraction of sp³-hybridized carbons (Fsp3) is 0. The minimum atomic E-state index is -0.735. The first kappa shape index (κ1) is 13.5. The molecular formula is C12H6F2IN3O. The molecule has 0 atom stereocenters. The van der Waals surface area contributed by atoms with Crippen LogP contribution in [0.5, 0.6) is 11.6 Å². The first-order valence-corrected chi connectivity index (χ1v) is 6.08. The number of hydrogen-bond donors (Lipinski definition) is 1. The molecule has 0 radical (unpaired) electrons. The van der Waals surface area contributed by atoms with E-state index in [1.807, 2.05) is 22.6 Å². The van der Waals surface area contributed by atoms with Gasteiger partial charge in [-0.15, -0.1) is 0 Å². The smallest absolute Gasteiger partial charge is 0.257 e. The Morgan fingerprint density at radius 1 is 1.26 bits per heavy atom. The molecule has 0 saturated carbocycles. The molecule has 1 aromatic heterocycles. The Balaban J connectivity index is 2.37. The van der Waals surface area contributed by atoms with Crippen molar-refractivity contribution >= 4 is 28.3 Å². The van der Waals surface area contributed by atoms with Crippen molar-refractivity contribution in [1.82, 2.24) is 4.98 Å². The molecule has 2 aromatic rings. The van der Waals surface area contributed by atoms with Gasteiger partial charge in [0.15, 0.2) is 5.82 Å². The second-order valence-corrected chi connectivity index (χ2v) is 4.53. The van der Waals surface area contributed by atoms with Crippen LogP contribution in [0.4, 0.5) is 14.5 Å². The fourth-order valence-electron chi connectivity index (χ4n) is 1.30. The first-order valence-electron chi connectivity index (χ1n) is 5.00. The van der Waals surface area contributed by atoms with Gasteiger partial charge in [-0.3, -0.25) is 0 Å². The zero-order valence-corrected chi connectivity index (χ0v) is 11.5. The zero-order valence-electron chi connectivity index (χ0n) is 9.32. The lowest BCUT2D eigenvalue weighted by atomic mass is 10.2. The van der Waals surface area contributed by atoms with Gasteiger partial charge in [-0.05, 0) is 34.7 Å². The highest BCUT2D eigenvalue weighted by molar-refractivity contribution is 14.1. The summed E-state index contributed by atoms with van der Waals surface area (Å²) in [5.41, 5.74) is 5.50. The van der Waals surface area contributed by atoms with Gasteiger partial charge in [0, 0.05) is 12.1 Å². The van der Waals surface area contributed by atoms with Gasteiger partial charge in [-0.25, -0.2) is 13.8 Å². The van der Waals surface area contributed by atoms with Crippen molar-refractivity contribution < 1.29 is 13.5 Å². The normalized spacial score (nSPS) is 10.0. The van der Waals surface area contributed by atoms with Crippen LogP contribution in [-0.2, 0) is 0 Å². The van der Waals surface area contributed by atoms with E-state index in [9.17, 15) is 8.78 Å². The number of hydrogen-bond acceptors (Lipinski definition) is 4. The highest BCUT2D eigenvalue weighted by atomic mass is 127. The molecule has 0 aliphatic carbocycles. The van der Waals surface area contributed by atoms with Gasteiger partial charge in [-0.1, -0.05) is 0 Å². The van der Waals surface area contributed by atoms with Crippen molar-refractivity contribution in [1.29, 1.82) is 5.26 Å². The van der Waals surface area contributed by atoms with Crippen molar-refractivity contribution in [3.05, 3.63) is 45.2 Å². The van der Waals surface area contributed by atoms with Crippen molar-refractivity contribution in [3.8, 4) is 17.7 Å². The third-order valence-corrected chi connectivity index (χ3v) is 3.06. The highest BCUT2D eigenvalue weighted by Gasteiger charge is 2.12. The minimum Gasteiger partial charge on any atom is -0.436 e. The van der Waals surface area contributed by atoms with Crippen molar-refractivity contribution in [3.63, 3.8) is 0 Å². The summed E-state index contributed by atoms with van der Waals surface area (Å²) in [6.07, 6.45) is 0.